The predicted molar refractivity (Wildman–Crippen MR) is 432 cm³/mol. The second kappa shape index (κ2) is 40.2. The normalized spacial score (nSPS) is 51.1. The maximum Gasteiger partial charge on any atom is 0.336 e. The number of carbonyl (C=O) groups is 2. The van der Waals surface area contributed by atoms with Gasteiger partial charge in [-0.25, -0.2) is 4.79 Å². The molecule has 42 nitrogen and oxygen atoms in total. The number of hydrogen-bond donors (Lipinski definition) is 24. The summed E-state index contributed by atoms with van der Waals surface area (Å²) in [5.41, 5.74) is -5.20. The Kier molecular flexibility index (Phi) is 32.1. The predicted octanol–water partition coefficient (Wildman–Crippen LogP) is -6.58. The molecule has 7 heterocycles. The number of hydrogen-bond acceptors (Lipinski definition) is 42. The number of fused-ring (bicyclic) bond motifs is 7. The SMILES string of the molecule is C=CC(C)(CC/C=C(\CO)C(=O)OC1CC2(C(=O)OC3OCC(OC4CC(CO)C(O)C(OC5OC(CO)C(OC6OC(C)C(O)C(O)C6O)C(O)C5O)C4O)C(O)C3O)CCC3(C)C(=CCC4C5(C)CCC(OC6OC(CO)C(OC7OC(CO)C(O)C(OC8OCC(O)C(O)C8O)C7O)C(O)C6O)C(C)(C)C5CCC43C)C2CC1(C)C)OC1OC(C)C(O)C(O)C1O. The highest BCUT2D eigenvalue weighted by Crippen LogP contribution is 2.76. The van der Waals surface area contributed by atoms with Gasteiger partial charge < -0.3 is 198 Å². The van der Waals surface area contributed by atoms with Gasteiger partial charge in [-0.2, -0.15) is 0 Å². The first-order valence-corrected chi connectivity index (χ1v) is 45.1. The van der Waals surface area contributed by atoms with Crippen molar-refractivity contribution in [3.8, 4) is 0 Å². The smallest absolute Gasteiger partial charge is 0.336 e. The van der Waals surface area contributed by atoms with E-state index in [-0.39, 0.29) is 55.9 Å². The monoisotopic (exact) mass is 1860 g/mol. The number of allylic oxidation sites excluding steroid dienone is 3. The lowest BCUT2D eigenvalue weighted by Crippen LogP contribution is -2.67. The molecule has 24 N–H and O–H groups in total. The number of ether oxygens (including phenoxy) is 16. The van der Waals surface area contributed by atoms with Gasteiger partial charge in [0.1, 0.15) is 165 Å². The van der Waals surface area contributed by atoms with E-state index in [9.17, 15) is 127 Å². The van der Waals surface area contributed by atoms with E-state index in [0.717, 1.165) is 5.57 Å². The summed E-state index contributed by atoms with van der Waals surface area (Å²) < 4.78 is 95.9. The summed E-state index contributed by atoms with van der Waals surface area (Å²) in [6.45, 7) is 18.0. The van der Waals surface area contributed by atoms with E-state index in [1.54, 1.807) is 6.92 Å². The van der Waals surface area contributed by atoms with E-state index in [0.29, 0.717) is 38.5 Å². The Labute approximate surface area is 746 Å². The summed E-state index contributed by atoms with van der Waals surface area (Å²) in [5.74, 6) is -3.66. The van der Waals surface area contributed by atoms with Crippen molar-refractivity contribution < 1.29 is 208 Å². The van der Waals surface area contributed by atoms with Crippen LogP contribution < -0.4 is 0 Å². The van der Waals surface area contributed by atoms with Crippen LogP contribution in [-0.2, 0) is 85.4 Å². The maximum absolute atomic E-state index is 16.2. The van der Waals surface area contributed by atoms with Crippen molar-refractivity contribution in [2.75, 3.05) is 46.2 Å². The first kappa shape index (κ1) is 103. The van der Waals surface area contributed by atoms with Crippen LogP contribution in [0, 0.1) is 56.2 Å². The van der Waals surface area contributed by atoms with Crippen LogP contribution in [0.15, 0.2) is 36.0 Å². The van der Waals surface area contributed by atoms with E-state index in [1.807, 2.05) is 13.8 Å². The second-order valence-corrected chi connectivity index (χ2v) is 40.4. The lowest BCUT2D eigenvalue weighted by Gasteiger charge is -2.71. The average Bonchev–Trinajstić information content (AvgIpc) is 0.671. The highest BCUT2D eigenvalue weighted by molar-refractivity contribution is 5.89. The van der Waals surface area contributed by atoms with Crippen LogP contribution in [0.25, 0.3) is 0 Å². The van der Waals surface area contributed by atoms with Gasteiger partial charge in [-0.1, -0.05) is 72.3 Å². The molecule has 0 radical (unpaired) electrons. The molecule has 48 atom stereocenters. The Balaban J connectivity index is 0.717. The molecule has 740 valence electrons. The summed E-state index contributed by atoms with van der Waals surface area (Å²) in [4.78, 5) is 30.9. The summed E-state index contributed by atoms with van der Waals surface area (Å²) in [6, 6.07) is 0. The molecule has 7 saturated heterocycles. The van der Waals surface area contributed by atoms with E-state index in [4.69, 9.17) is 75.8 Å². The lowest BCUT2D eigenvalue weighted by atomic mass is 9.33. The van der Waals surface area contributed by atoms with Gasteiger partial charge in [0.05, 0.1) is 86.8 Å². The molecule has 12 fully saturated rings. The Morgan fingerprint density at radius 3 is 1.60 bits per heavy atom. The van der Waals surface area contributed by atoms with Crippen LogP contribution in [-0.4, -0.2) is 426 Å². The van der Waals surface area contributed by atoms with Gasteiger partial charge in [-0.15, -0.1) is 6.58 Å². The van der Waals surface area contributed by atoms with Crippen LogP contribution in [0.3, 0.4) is 0 Å². The van der Waals surface area contributed by atoms with E-state index in [2.05, 4.69) is 47.3 Å². The average molecular weight is 1860 g/mol. The number of rotatable bonds is 27. The second-order valence-electron chi connectivity index (χ2n) is 40.4. The number of aliphatic hydroxyl groups is 24. The highest BCUT2D eigenvalue weighted by atomic mass is 16.8. The van der Waals surface area contributed by atoms with E-state index >= 15 is 4.79 Å². The van der Waals surface area contributed by atoms with Crippen LogP contribution in [0.5, 0.6) is 0 Å². The molecule has 5 saturated carbocycles. The maximum atomic E-state index is 16.2. The summed E-state index contributed by atoms with van der Waals surface area (Å²) in [7, 11) is 0. The molecule has 13 rings (SSSR count). The number of aliphatic hydroxyl groups excluding tert-OH is 24. The third kappa shape index (κ3) is 19.2. The van der Waals surface area contributed by atoms with Crippen molar-refractivity contribution in [1.82, 2.24) is 0 Å². The molecule has 0 amide bonds. The van der Waals surface area contributed by atoms with Crippen molar-refractivity contribution in [3.63, 3.8) is 0 Å². The fraction of sp³-hybridized carbons (Fsp3) is 0.908. The molecule has 48 unspecified atom stereocenters. The summed E-state index contributed by atoms with van der Waals surface area (Å²) >= 11 is 0. The molecule has 0 spiro atoms. The van der Waals surface area contributed by atoms with Crippen molar-refractivity contribution in [2.24, 2.45) is 56.2 Å². The fourth-order valence-corrected chi connectivity index (χ4v) is 23.5. The van der Waals surface area contributed by atoms with Gasteiger partial charge in [0.2, 0.25) is 6.29 Å². The molecule has 0 aromatic rings. The largest absolute Gasteiger partial charge is 0.458 e. The zero-order valence-corrected chi connectivity index (χ0v) is 74.3. The van der Waals surface area contributed by atoms with Crippen LogP contribution in [0.1, 0.15) is 146 Å². The van der Waals surface area contributed by atoms with Crippen molar-refractivity contribution in [3.05, 3.63) is 36.0 Å². The molecule has 13 aliphatic rings. The topological polar surface area (TPSA) is 667 Å². The number of esters is 2. The third-order valence-electron chi connectivity index (χ3n) is 32.0. The minimum absolute atomic E-state index is 0.0146. The minimum Gasteiger partial charge on any atom is -0.458 e. The first-order valence-electron chi connectivity index (χ1n) is 45.1. The van der Waals surface area contributed by atoms with Gasteiger partial charge >= 0.3 is 11.9 Å². The Morgan fingerprint density at radius 2 is 1.01 bits per heavy atom. The van der Waals surface area contributed by atoms with Crippen LogP contribution in [0.2, 0.25) is 0 Å². The van der Waals surface area contributed by atoms with E-state index in [1.165, 1.54) is 26.0 Å². The van der Waals surface area contributed by atoms with Crippen molar-refractivity contribution >= 4 is 11.9 Å². The quantitative estimate of drug-likeness (QED) is 0.0157. The standard InChI is InChI=1S/C87H140O42/c1-12-83(8,129-79-64(108)58(102)51(95)35(3)117-79)19-13-14-36(27-88)72(112)122-49-26-87(80(113)128-74-62(106)54(98)45(33-115-74)118-41-24-37(28-89)52(96)70(55(41)99)127-77-66(110)60(104)68(44(31-92)121-77)124-75-63(107)57(101)50(94)34(2)116-75)23-22-85(10)38(39(87)25-81(49,4)5)15-16-47-84(9)20-18-48(82(6,7)46(84)17-21-86(47,85)11)123-76-65(109)59(103)69(43(30-91)120-76)125-78-67(111)71(56(100)42(29-90)119-78)126-73-61(105)53(97)40(93)32-114-73/h12,14-15,34-35,37,39-71,73-79,88-111H,1,13,16-33H2,2-11H3/b36-14+. The molecule has 129 heavy (non-hydrogen) atoms. The van der Waals surface area contributed by atoms with Gasteiger partial charge in [0.15, 0.2) is 37.7 Å². The van der Waals surface area contributed by atoms with Gasteiger partial charge in [0.25, 0.3) is 0 Å². The van der Waals surface area contributed by atoms with Crippen molar-refractivity contribution in [1.29, 1.82) is 0 Å². The Bertz CT molecular complexity index is 3820. The summed E-state index contributed by atoms with van der Waals surface area (Å²) in [5, 5.41) is 264. The molecular formula is C87H140O42. The summed E-state index contributed by atoms with van der Waals surface area (Å²) in [6.07, 6.45) is -55.9. The molecule has 7 aliphatic heterocycles. The zero-order valence-electron chi connectivity index (χ0n) is 74.3. The van der Waals surface area contributed by atoms with Gasteiger partial charge in [-0.3, -0.25) is 4.79 Å². The molecule has 0 aromatic heterocycles. The highest BCUT2D eigenvalue weighted by Gasteiger charge is 2.72. The Morgan fingerprint density at radius 1 is 0.481 bits per heavy atom. The van der Waals surface area contributed by atoms with Gasteiger partial charge in [0, 0.05) is 24.4 Å². The molecule has 42 heteroatoms. The van der Waals surface area contributed by atoms with Crippen molar-refractivity contribution in [2.45, 2.75) is 391 Å². The molecule has 0 aromatic carbocycles. The molecule has 0 bridgehead atoms. The Hall–Kier alpha value is -3.36. The first-order chi connectivity index (χ1) is 60.6. The lowest BCUT2D eigenvalue weighted by molar-refractivity contribution is -0.380. The van der Waals surface area contributed by atoms with E-state index < -0.39 is 347 Å². The fourth-order valence-electron chi connectivity index (χ4n) is 23.5. The minimum atomic E-state index is -2.08. The molecular weight excluding hydrogens is 1720 g/mol. The van der Waals surface area contributed by atoms with Gasteiger partial charge in [-0.05, 0) is 131 Å². The van der Waals surface area contributed by atoms with Crippen LogP contribution >= 0.6 is 0 Å². The zero-order chi connectivity index (χ0) is 94.5. The van der Waals surface area contributed by atoms with Crippen LogP contribution in [0.4, 0.5) is 0 Å². The number of carbonyl (C=O) groups excluding carboxylic acids is 2. The molecule has 6 aliphatic carbocycles. The third-order valence-corrected chi connectivity index (χ3v) is 32.0.